The Morgan fingerprint density at radius 2 is 2.08 bits per heavy atom. The standard InChI is InChI=1S/C17H30N6O/c1-21(2)17(24)19-10-15-9-16-12-22(7-8-23(16)20-15)11-13-3-5-14(18)6-4-13/h9,13-14H,3-8,10-12,18H2,1-2H3,(H,19,24). The molecule has 0 radical (unpaired) electrons. The predicted octanol–water partition coefficient (Wildman–Crippen LogP) is 0.987. The highest BCUT2D eigenvalue weighted by atomic mass is 16.2. The summed E-state index contributed by atoms with van der Waals surface area (Å²) in [5, 5.41) is 7.49. The molecule has 1 aromatic heterocycles. The molecule has 0 unspecified atom stereocenters. The molecule has 7 nitrogen and oxygen atoms in total. The van der Waals surface area contributed by atoms with E-state index >= 15 is 0 Å². The van der Waals surface area contributed by atoms with Gasteiger partial charge in [0.25, 0.3) is 0 Å². The zero-order valence-corrected chi connectivity index (χ0v) is 14.9. The summed E-state index contributed by atoms with van der Waals surface area (Å²) >= 11 is 0. The molecule has 2 aliphatic rings. The molecule has 2 heterocycles. The molecule has 1 saturated carbocycles. The Morgan fingerprint density at radius 3 is 2.79 bits per heavy atom. The van der Waals surface area contributed by atoms with Gasteiger partial charge < -0.3 is 16.0 Å². The van der Waals surface area contributed by atoms with E-state index in [9.17, 15) is 4.79 Å². The minimum Gasteiger partial charge on any atom is -0.332 e. The van der Waals surface area contributed by atoms with Crippen molar-refractivity contribution in [3.63, 3.8) is 0 Å². The zero-order chi connectivity index (χ0) is 17.1. The molecule has 1 aromatic rings. The Balaban J connectivity index is 1.51. The molecule has 134 valence electrons. The average molecular weight is 334 g/mol. The highest BCUT2D eigenvalue weighted by Gasteiger charge is 2.24. The minimum absolute atomic E-state index is 0.0851. The minimum atomic E-state index is -0.0851. The van der Waals surface area contributed by atoms with Gasteiger partial charge in [-0.3, -0.25) is 9.58 Å². The van der Waals surface area contributed by atoms with Crippen molar-refractivity contribution in [3.05, 3.63) is 17.5 Å². The largest absolute Gasteiger partial charge is 0.332 e. The van der Waals surface area contributed by atoms with Crippen LogP contribution in [0.5, 0.6) is 0 Å². The quantitative estimate of drug-likeness (QED) is 0.860. The lowest BCUT2D eigenvalue weighted by atomic mass is 9.86. The molecule has 0 spiro atoms. The molecule has 0 saturated heterocycles. The van der Waals surface area contributed by atoms with Gasteiger partial charge in [-0.05, 0) is 37.7 Å². The van der Waals surface area contributed by atoms with Crippen molar-refractivity contribution in [1.82, 2.24) is 24.9 Å². The molecule has 3 rings (SSSR count). The first kappa shape index (κ1) is 17.2. The lowest BCUT2D eigenvalue weighted by molar-refractivity contribution is 0.159. The SMILES string of the molecule is CN(C)C(=O)NCc1cc2n(n1)CCN(CC1CCC(N)CC1)C2. The zero-order valence-electron chi connectivity index (χ0n) is 14.9. The van der Waals surface area contributed by atoms with Gasteiger partial charge in [-0.15, -0.1) is 0 Å². The van der Waals surface area contributed by atoms with Gasteiger partial charge in [0.2, 0.25) is 0 Å². The summed E-state index contributed by atoms with van der Waals surface area (Å²) in [5.41, 5.74) is 8.19. The second kappa shape index (κ2) is 7.53. The van der Waals surface area contributed by atoms with Gasteiger partial charge in [-0.1, -0.05) is 0 Å². The summed E-state index contributed by atoms with van der Waals surface area (Å²) in [5.74, 6) is 0.790. The fourth-order valence-electron chi connectivity index (χ4n) is 3.68. The first-order chi connectivity index (χ1) is 11.5. The van der Waals surface area contributed by atoms with Crippen LogP contribution in [0.3, 0.4) is 0 Å². The van der Waals surface area contributed by atoms with E-state index in [4.69, 9.17) is 5.73 Å². The molecule has 1 fully saturated rings. The maximum Gasteiger partial charge on any atom is 0.317 e. The van der Waals surface area contributed by atoms with Crippen LogP contribution in [-0.4, -0.2) is 58.8 Å². The third-order valence-corrected chi connectivity index (χ3v) is 5.16. The van der Waals surface area contributed by atoms with Crippen LogP contribution in [0.25, 0.3) is 0 Å². The van der Waals surface area contributed by atoms with Crippen LogP contribution in [0.15, 0.2) is 6.07 Å². The van der Waals surface area contributed by atoms with E-state index in [1.54, 1.807) is 14.1 Å². The monoisotopic (exact) mass is 334 g/mol. The van der Waals surface area contributed by atoms with E-state index in [-0.39, 0.29) is 6.03 Å². The highest BCUT2D eigenvalue weighted by Crippen LogP contribution is 2.25. The van der Waals surface area contributed by atoms with Crippen molar-refractivity contribution in [1.29, 1.82) is 0 Å². The van der Waals surface area contributed by atoms with Crippen molar-refractivity contribution in [2.45, 2.75) is 51.4 Å². The summed E-state index contributed by atoms with van der Waals surface area (Å²) in [7, 11) is 3.48. The number of rotatable bonds is 4. The first-order valence-corrected chi connectivity index (χ1v) is 9.00. The maximum absolute atomic E-state index is 11.6. The fourth-order valence-corrected chi connectivity index (χ4v) is 3.68. The Hall–Kier alpha value is -1.60. The number of nitrogens with one attached hydrogen (secondary N) is 1. The van der Waals surface area contributed by atoms with Gasteiger partial charge in [0.1, 0.15) is 0 Å². The number of fused-ring (bicyclic) bond motifs is 1. The Bertz CT molecular complexity index is 561. The second-order valence-corrected chi connectivity index (χ2v) is 7.42. The topological polar surface area (TPSA) is 79.4 Å². The lowest BCUT2D eigenvalue weighted by Gasteiger charge is -2.33. The van der Waals surface area contributed by atoms with Crippen LogP contribution in [0.1, 0.15) is 37.1 Å². The van der Waals surface area contributed by atoms with E-state index in [2.05, 4.69) is 26.1 Å². The van der Waals surface area contributed by atoms with Crippen molar-refractivity contribution in [2.75, 3.05) is 27.2 Å². The Morgan fingerprint density at radius 1 is 1.33 bits per heavy atom. The summed E-state index contributed by atoms with van der Waals surface area (Å²) in [4.78, 5) is 15.7. The molecule has 1 aliphatic carbocycles. The smallest absolute Gasteiger partial charge is 0.317 e. The van der Waals surface area contributed by atoms with Crippen LogP contribution in [-0.2, 0) is 19.6 Å². The predicted molar refractivity (Wildman–Crippen MR) is 93.4 cm³/mol. The van der Waals surface area contributed by atoms with E-state index in [0.717, 1.165) is 31.2 Å². The number of hydrogen-bond acceptors (Lipinski definition) is 4. The van der Waals surface area contributed by atoms with Gasteiger partial charge >= 0.3 is 6.03 Å². The van der Waals surface area contributed by atoms with Gasteiger partial charge in [0.05, 0.1) is 24.5 Å². The number of nitrogens with two attached hydrogens (primary N) is 1. The molecule has 24 heavy (non-hydrogen) atoms. The number of urea groups is 1. The normalized spacial score (nSPS) is 24.5. The molecule has 0 bridgehead atoms. The number of amides is 2. The van der Waals surface area contributed by atoms with Gasteiger partial charge in [0, 0.05) is 39.8 Å². The number of hydrogen-bond donors (Lipinski definition) is 2. The number of aromatic nitrogens is 2. The highest BCUT2D eigenvalue weighted by molar-refractivity contribution is 5.73. The third-order valence-electron chi connectivity index (χ3n) is 5.16. The Kier molecular flexibility index (Phi) is 5.40. The van der Waals surface area contributed by atoms with E-state index < -0.39 is 0 Å². The van der Waals surface area contributed by atoms with E-state index in [1.807, 2.05) is 0 Å². The van der Waals surface area contributed by atoms with Crippen LogP contribution in [0, 0.1) is 5.92 Å². The number of nitrogens with zero attached hydrogens (tertiary/aromatic N) is 4. The van der Waals surface area contributed by atoms with Crippen LogP contribution in [0.2, 0.25) is 0 Å². The number of carbonyl (C=O) groups excluding carboxylic acids is 1. The van der Waals surface area contributed by atoms with Crippen molar-refractivity contribution >= 4 is 6.03 Å². The summed E-state index contributed by atoms with van der Waals surface area (Å²) in [6, 6.07) is 2.46. The van der Waals surface area contributed by atoms with Gasteiger partial charge in [0.15, 0.2) is 0 Å². The molecule has 3 N–H and O–H groups in total. The lowest BCUT2D eigenvalue weighted by Crippen LogP contribution is -2.39. The van der Waals surface area contributed by atoms with Crippen molar-refractivity contribution in [3.8, 4) is 0 Å². The molecule has 0 atom stereocenters. The van der Waals surface area contributed by atoms with Gasteiger partial charge in [-0.2, -0.15) is 5.10 Å². The van der Waals surface area contributed by atoms with Gasteiger partial charge in [-0.25, -0.2) is 4.79 Å². The van der Waals surface area contributed by atoms with E-state index in [1.165, 1.54) is 42.8 Å². The van der Waals surface area contributed by atoms with Crippen molar-refractivity contribution < 1.29 is 4.79 Å². The van der Waals surface area contributed by atoms with Crippen LogP contribution < -0.4 is 11.1 Å². The average Bonchev–Trinajstić information content (AvgIpc) is 2.96. The molecular formula is C17H30N6O. The molecule has 7 heteroatoms. The van der Waals surface area contributed by atoms with E-state index in [0.29, 0.717) is 12.6 Å². The summed E-state index contributed by atoms with van der Waals surface area (Å²) < 4.78 is 2.09. The fraction of sp³-hybridized carbons (Fsp3) is 0.765. The second-order valence-electron chi connectivity index (χ2n) is 7.42. The summed E-state index contributed by atoms with van der Waals surface area (Å²) in [6.07, 6.45) is 4.87. The van der Waals surface area contributed by atoms with Crippen molar-refractivity contribution in [2.24, 2.45) is 11.7 Å². The molecule has 0 aromatic carbocycles. The van der Waals surface area contributed by atoms with Crippen LogP contribution >= 0.6 is 0 Å². The third kappa shape index (κ3) is 4.27. The Labute approximate surface area is 144 Å². The molecule has 2 amide bonds. The molecular weight excluding hydrogens is 304 g/mol. The molecule has 1 aliphatic heterocycles. The van der Waals surface area contributed by atoms with Crippen LogP contribution in [0.4, 0.5) is 4.79 Å². The first-order valence-electron chi connectivity index (χ1n) is 9.00. The summed E-state index contributed by atoms with van der Waals surface area (Å²) in [6.45, 7) is 4.60. The maximum atomic E-state index is 11.6. The number of carbonyl (C=O) groups is 1.